The Balaban J connectivity index is 1.61. The molecule has 2 amide bonds. The van der Waals surface area contributed by atoms with Gasteiger partial charge in [-0.15, -0.1) is 0 Å². The maximum Gasteiger partial charge on any atom is 0.319 e. The number of hydrogen-bond donors (Lipinski definition) is 2. The SMILES string of the molecule is COc1ccccc1NC(=O)NC1COc2ccccc2C1. The number of benzene rings is 2. The number of fused-ring (bicyclic) bond motifs is 1. The third-order valence-electron chi connectivity index (χ3n) is 3.57. The third kappa shape index (κ3) is 3.14. The highest BCUT2D eigenvalue weighted by Crippen LogP contribution is 2.25. The molecule has 0 aliphatic carbocycles. The highest BCUT2D eigenvalue weighted by atomic mass is 16.5. The van der Waals surface area contributed by atoms with Gasteiger partial charge in [-0.1, -0.05) is 30.3 Å². The number of ether oxygens (including phenoxy) is 2. The van der Waals surface area contributed by atoms with Crippen molar-refractivity contribution in [2.24, 2.45) is 0 Å². The number of nitrogens with one attached hydrogen (secondary N) is 2. The van der Waals surface area contributed by atoms with Crippen LogP contribution in [0, 0.1) is 0 Å². The molecule has 0 bridgehead atoms. The topological polar surface area (TPSA) is 59.6 Å². The van der Waals surface area contributed by atoms with Crippen LogP contribution in [0.5, 0.6) is 11.5 Å². The highest BCUT2D eigenvalue weighted by molar-refractivity contribution is 5.91. The first-order chi connectivity index (χ1) is 10.8. The molecule has 2 aromatic rings. The molecule has 5 nitrogen and oxygen atoms in total. The van der Waals surface area contributed by atoms with Gasteiger partial charge in [-0.25, -0.2) is 4.79 Å². The summed E-state index contributed by atoms with van der Waals surface area (Å²) in [4.78, 5) is 12.1. The first kappa shape index (κ1) is 14.3. The van der Waals surface area contributed by atoms with Gasteiger partial charge >= 0.3 is 6.03 Å². The van der Waals surface area contributed by atoms with Crippen LogP contribution < -0.4 is 20.1 Å². The van der Waals surface area contributed by atoms with Crippen molar-refractivity contribution in [1.29, 1.82) is 0 Å². The Morgan fingerprint density at radius 2 is 1.95 bits per heavy atom. The van der Waals surface area contributed by atoms with Crippen LogP contribution in [-0.4, -0.2) is 25.8 Å². The fraction of sp³-hybridized carbons (Fsp3) is 0.235. The van der Waals surface area contributed by atoms with Crippen LogP contribution in [0.3, 0.4) is 0 Å². The number of carbonyl (C=O) groups is 1. The molecule has 1 heterocycles. The Bertz CT molecular complexity index is 672. The minimum atomic E-state index is -0.266. The quantitative estimate of drug-likeness (QED) is 0.916. The lowest BCUT2D eigenvalue weighted by Gasteiger charge is -2.26. The van der Waals surface area contributed by atoms with E-state index in [0.717, 1.165) is 17.7 Å². The maximum absolute atomic E-state index is 12.1. The van der Waals surface area contributed by atoms with Crippen molar-refractivity contribution in [3.05, 3.63) is 54.1 Å². The number of anilines is 1. The second-order valence-electron chi connectivity index (χ2n) is 5.12. The molecule has 0 saturated carbocycles. The van der Waals surface area contributed by atoms with Gasteiger partial charge < -0.3 is 20.1 Å². The number of carbonyl (C=O) groups excluding carboxylic acids is 1. The minimum Gasteiger partial charge on any atom is -0.495 e. The van der Waals surface area contributed by atoms with E-state index in [4.69, 9.17) is 9.47 Å². The monoisotopic (exact) mass is 298 g/mol. The van der Waals surface area contributed by atoms with E-state index >= 15 is 0 Å². The zero-order valence-electron chi connectivity index (χ0n) is 12.3. The number of amides is 2. The molecule has 0 fully saturated rings. The Kier molecular flexibility index (Phi) is 4.14. The Labute approximate surface area is 129 Å². The summed E-state index contributed by atoms with van der Waals surface area (Å²) in [7, 11) is 1.57. The second kappa shape index (κ2) is 6.39. The molecular weight excluding hydrogens is 280 g/mol. The fourth-order valence-electron chi connectivity index (χ4n) is 2.51. The molecular formula is C17H18N2O3. The highest BCUT2D eigenvalue weighted by Gasteiger charge is 2.21. The van der Waals surface area contributed by atoms with Crippen molar-refractivity contribution >= 4 is 11.7 Å². The summed E-state index contributed by atoms with van der Waals surface area (Å²) in [6, 6.07) is 14.9. The minimum absolute atomic E-state index is 0.0513. The molecule has 114 valence electrons. The summed E-state index contributed by atoms with van der Waals surface area (Å²) in [6.45, 7) is 0.469. The average molecular weight is 298 g/mol. The van der Waals surface area contributed by atoms with E-state index in [9.17, 15) is 4.79 Å². The average Bonchev–Trinajstić information content (AvgIpc) is 2.55. The van der Waals surface area contributed by atoms with Crippen molar-refractivity contribution in [2.45, 2.75) is 12.5 Å². The first-order valence-electron chi connectivity index (χ1n) is 7.17. The number of methoxy groups -OCH3 is 1. The predicted octanol–water partition coefficient (Wildman–Crippen LogP) is 2.82. The number of rotatable bonds is 3. The van der Waals surface area contributed by atoms with E-state index < -0.39 is 0 Å². The van der Waals surface area contributed by atoms with Gasteiger partial charge in [-0.2, -0.15) is 0 Å². The summed E-state index contributed by atoms with van der Waals surface area (Å²) in [5.41, 5.74) is 1.75. The number of urea groups is 1. The van der Waals surface area contributed by atoms with Crippen LogP contribution in [0.15, 0.2) is 48.5 Å². The molecule has 0 spiro atoms. The van der Waals surface area contributed by atoms with Crippen LogP contribution >= 0.6 is 0 Å². The Morgan fingerprint density at radius 1 is 1.18 bits per heavy atom. The van der Waals surface area contributed by atoms with Gasteiger partial charge in [0, 0.05) is 0 Å². The zero-order chi connectivity index (χ0) is 15.4. The van der Waals surface area contributed by atoms with E-state index in [1.807, 2.05) is 36.4 Å². The molecule has 1 atom stereocenters. The lowest BCUT2D eigenvalue weighted by Crippen LogP contribution is -2.44. The van der Waals surface area contributed by atoms with Gasteiger partial charge in [0.1, 0.15) is 18.1 Å². The van der Waals surface area contributed by atoms with E-state index in [1.165, 1.54) is 0 Å². The van der Waals surface area contributed by atoms with Crippen molar-refractivity contribution < 1.29 is 14.3 Å². The van der Waals surface area contributed by atoms with Crippen molar-refractivity contribution in [1.82, 2.24) is 5.32 Å². The molecule has 0 aromatic heterocycles. The van der Waals surface area contributed by atoms with E-state index in [1.54, 1.807) is 19.2 Å². The molecule has 2 aromatic carbocycles. The molecule has 3 rings (SSSR count). The van der Waals surface area contributed by atoms with E-state index in [-0.39, 0.29) is 12.1 Å². The summed E-state index contributed by atoms with van der Waals surface area (Å²) < 4.78 is 10.9. The smallest absolute Gasteiger partial charge is 0.319 e. The van der Waals surface area contributed by atoms with Crippen molar-refractivity contribution in [3.63, 3.8) is 0 Å². The molecule has 5 heteroatoms. The van der Waals surface area contributed by atoms with Gasteiger partial charge in [-0.3, -0.25) is 0 Å². The van der Waals surface area contributed by atoms with Crippen LogP contribution in [0.1, 0.15) is 5.56 Å². The molecule has 0 saturated heterocycles. The fourth-order valence-corrected chi connectivity index (χ4v) is 2.51. The zero-order valence-corrected chi connectivity index (χ0v) is 12.3. The second-order valence-corrected chi connectivity index (χ2v) is 5.12. The largest absolute Gasteiger partial charge is 0.495 e. The third-order valence-corrected chi connectivity index (χ3v) is 3.57. The van der Waals surface area contributed by atoms with Gasteiger partial charge in [0.05, 0.1) is 18.8 Å². The van der Waals surface area contributed by atoms with Crippen molar-refractivity contribution in [2.75, 3.05) is 19.0 Å². The standard InChI is InChI=1S/C17H18N2O3/c1-21-16-9-5-3-7-14(16)19-17(20)18-13-10-12-6-2-4-8-15(12)22-11-13/h2-9,13H,10-11H2,1H3,(H2,18,19,20). The lowest BCUT2D eigenvalue weighted by atomic mass is 10.0. The predicted molar refractivity (Wildman–Crippen MR) is 84.6 cm³/mol. The number of hydrogen-bond acceptors (Lipinski definition) is 3. The van der Waals surface area contributed by atoms with Crippen LogP contribution in [0.2, 0.25) is 0 Å². The van der Waals surface area contributed by atoms with Gasteiger partial charge in [0.2, 0.25) is 0 Å². The summed E-state index contributed by atoms with van der Waals surface area (Å²) in [5.74, 6) is 1.52. The Hall–Kier alpha value is -2.69. The molecule has 1 aliphatic rings. The number of para-hydroxylation sites is 3. The molecule has 1 unspecified atom stereocenters. The summed E-state index contributed by atoms with van der Waals surface area (Å²) in [5, 5.41) is 5.73. The normalized spacial score (nSPS) is 16.1. The van der Waals surface area contributed by atoms with Crippen LogP contribution in [0.4, 0.5) is 10.5 Å². The van der Waals surface area contributed by atoms with Crippen molar-refractivity contribution in [3.8, 4) is 11.5 Å². The molecule has 2 N–H and O–H groups in total. The maximum atomic E-state index is 12.1. The summed E-state index contributed by atoms with van der Waals surface area (Å²) in [6.07, 6.45) is 0.759. The first-order valence-corrected chi connectivity index (χ1v) is 7.17. The lowest BCUT2D eigenvalue weighted by molar-refractivity contribution is 0.222. The molecule has 0 radical (unpaired) electrons. The van der Waals surface area contributed by atoms with Gasteiger partial charge in [0.15, 0.2) is 0 Å². The van der Waals surface area contributed by atoms with Gasteiger partial charge in [0.25, 0.3) is 0 Å². The Morgan fingerprint density at radius 3 is 2.82 bits per heavy atom. The van der Waals surface area contributed by atoms with E-state index in [2.05, 4.69) is 10.6 Å². The summed E-state index contributed by atoms with van der Waals surface area (Å²) >= 11 is 0. The van der Waals surface area contributed by atoms with Gasteiger partial charge in [-0.05, 0) is 30.2 Å². The molecule has 1 aliphatic heterocycles. The van der Waals surface area contributed by atoms with Crippen LogP contribution in [0.25, 0.3) is 0 Å². The van der Waals surface area contributed by atoms with Crippen LogP contribution in [-0.2, 0) is 6.42 Å². The molecule has 22 heavy (non-hydrogen) atoms. The van der Waals surface area contributed by atoms with E-state index in [0.29, 0.717) is 18.0 Å².